The summed E-state index contributed by atoms with van der Waals surface area (Å²) in [6, 6.07) is -0.125. The Balaban J connectivity index is 2.38. The fraction of sp³-hybridized carbons (Fsp3) is 0.417. The lowest BCUT2D eigenvalue weighted by molar-refractivity contribution is 0.0956. The molecule has 2 rings (SSSR count). The molecule has 1 N–H and O–H groups in total. The summed E-state index contributed by atoms with van der Waals surface area (Å²) in [5, 5.41) is 2.98. The third-order valence-corrected chi connectivity index (χ3v) is 3.79. The Kier molecular flexibility index (Phi) is 3.96. The number of Topliss-reactive ketones (excluding diaryl/α,β-unsaturated/α-hetero) is 1. The molecule has 1 aromatic rings. The van der Waals surface area contributed by atoms with Crippen LogP contribution >= 0.6 is 15.9 Å². The van der Waals surface area contributed by atoms with Crippen molar-refractivity contribution in [2.45, 2.75) is 19.4 Å². The van der Waals surface area contributed by atoms with Gasteiger partial charge in [0.2, 0.25) is 0 Å². The molecule has 2 unspecified atom stereocenters. The Morgan fingerprint density at radius 3 is 2.37 bits per heavy atom. The smallest absolute Gasteiger partial charge is 0.198 e. The summed E-state index contributed by atoms with van der Waals surface area (Å²) < 4.78 is 52.4. The lowest BCUT2D eigenvalue weighted by Crippen LogP contribution is -2.21. The lowest BCUT2D eigenvalue weighted by atomic mass is 10.1. The van der Waals surface area contributed by atoms with E-state index >= 15 is 0 Å². The third kappa shape index (κ3) is 2.41. The van der Waals surface area contributed by atoms with Crippen molar-refractivity contribution in [2.75, 3.05) is 6.54 Å². The maximum absolute atomic E-state index is 13.6. The van der Waals surface area contributed by atoms with E-state index in [1.165, 1.54) is 0 Å². The minimum absolute atomic E-state index is 0.125. The summed E-state index contributed by atoms with van der Waals surface area (Å²) in [5.74, 6) is -8.41. The van der Waals surface area contributed by atoms with Crippen molar-refractivity contribution >= 4 is 21.7 Å². The van der Waals surface area contributed by atoms with E-state index < -0.39 is 45.0 Å². The van der Waals surface area contributed by atoms with E-state index in [9.17, 15) is 22.4 Å². The van der Waals surface area contributed by atoms with Gasteiger partial charge in [0.15, 0.2) is 29.1 Å². The van der Waals surface area contributed by atoms with E-state index in [2.05, 4.69) is 21.2 Å². The topological polar surface area (TPSA) is 29.1 Å². The van der Waals surface area contributed by atoms with Crippen molar-refractivity contribution in [2.24, 2.45) is 5.92 Å². The number of ketones is 1. The van der Waals surface area contributed by atoms with Crippen molar-refractivity contribution in [1.82, 2.24) is 5.32 Å². The van der Waals surface area contributed by atoms with Crippen molar-refractivity contribution in [1.29, 1.82) is 0 Å². The molecule has 0 aliphatic heterocycles. The molecule has 2 atom stereocenters. The van der Waals surface area contributed by atoms with E-state index in [1.807, 2.05) is 6.92 Å². The Bertz CT molecular complexity index is 520. The molecule has 1 fully saturated rings. The molecule has 0 spiro atoms. The van der Waals surface area contributed by atoms with Gasteiger partial charge in [-0.05, 0) is 28.9 Å². The van der Waals surface area contributed by atoms with Gasteiger partial charge in [0.25, 0.3) is 0 Å². The molecule has 2 nitrogen and oxygen atoms in total. The van der Waals surface area contributed by atoms with E-state index in [-0.39, 0.29) is 6.04 Å². The maximum atomic E-state index is 13.6. The van der Waals surface area contributed by atoms with E-state index in [0.29, 0.717) is 13.0 Å². The molecular weight excluding hydrogens is 330 g/mol. The summed E-state index contributed by atoms with van der Waals surface area (Å²) in [4.78, 5) is 12.0. The number of benzene rings is 1. The number of hydrogen-bond donors (Lipinski definition) is 1. The number of halogens is 5. The van der Waals surface area contributed by atoms with Crippen LogP contribution in [0.5, 0.6) is 0 Å². The molecule has 0 bridgehead atoms. The first-order valence-electron chi connectivity index (χ1n) is 5.69. The molecule has 1 saturated carbocycles. The minimum Gasteiger partial charge on any atom is -0.313 e. The second-order valence-corrected chi connectivity index (χ2v) is 5.11. The van der Waals surface area contributed by atoms with Gasteiger partial charge in [0, 0.05) is 12.0 Å². The molecule has 1 aliphatic rings. The van der Waals surface area contributed by atoms with Gasteiger partial charge in [-0.2, -0.15) is 0 Å². The first-order valence-corrected chi connectivity index (χ1v) is 6.48. The molecule has 19 heavy (non-hydrogen) atoms. The van der Waals surface area contributed by atoms with E-state index in [4.69, 9.17) is 0 Å². The van der Waals surface area contributed by atoms with E-state index in [0.717, 1.165) is 0 Å². The van der Waals surface area contributed by atoms with Crippen LogP contribution in [0.3, 0.4) is 0 Å². The molecule has 0 saturated heterocycles. The zero-order valence-electron chi connectivity index (χ0n) is 9.87. The molecular formula is C12H10BrF4NO. The van der Waals surface area contributed by atoms with Gasteiger partial charge in [-0.25, -0.2) is 17.6 Å². The van der Waals surface area contributed by atoms with Crippen LogP contribution in [0.2, 0.25) is 0 Å². The average molecular weight is 340 g/mol. The van der Waals surface area contributed by atoms with E-state index in [1.54, 1.807) is 0 Å². The van der Waals surface area contributed by atoms with Crippen molar-refractivity contribution < 1.29 is 22.4 Å². The number of hydrogen-bond acceptors (Lipinski definition) is 2. The van der Waals surface area contributed by atoms with Gasteiger partial charge in [-0.3, -0.25) is 4.79 Å². The zero-order chi connectivity index (χ0) is 14.3. The van der Waals surface area contributed by atoms with Crippen LogP contribution in [-0.2, 0) is 0 Å². The van der Waals surface area contributed by atoms with Crippen LogP contribution in [-0.4, -0.2) is 18.4 Å². The predicted molar refractivity (Wildman–Crippen MR) is 63.9 cm³/mol. The molecule has 0 aromatic heterocycles. The lowest BCUT2D eigenvalue weighted by Gasteiger charge is -2.08. The molecule has 0 amide bonds. The van der Waals surface area contributed by atoms with Gasteiger partial charge in [0.05, 0.1) is 10.0 Å². The van der Waals surface area contributed by atoms with Crippen LogP contribution in [0.25, 0.3) is 0 Å². The first kappa shape index (κ1) is 14.5. The highest BCUT2D eigenvalue weighted by Crippen LogP contribution is 2.38. The zero-order valence-corrected chi connectivity index (χ0v) is 11.5. The molecule has 7 heteroatoms. The van der Waals surface area contributed by atoms with Crippen LogP contribution in [0.4, 0.5) is 17.6 Å². The number of nitrogens with one attached hydrogen (secondary N) is 1. The summed E-state index contributed by atoms with van der Waals surface area (Å²) in [6.07, 6.45) is 0.471. The van der Waals surface area contributed by atoms with Gasteiger partial charge in [-0.1, -0.05) is 6.92 Å². The van der Waals surface area contributed by atoms with Crippen molar-refractivity contribution in [3.63, 3.8) is 0 Å². The van der Waals surface area contributed by atoms with Crippen LogP contribution in [0, 0.1) is 29.2 Å². The van der Waals surface area contributed by atoms with Crippen molar-refractivity contribution in [3.8, 4) is 0 Å². The van der Waals surface area contributed by atoms with Gasteiger partial charge < -0.3 is 5.32 Å². The highest BCUT2D eigenvalue weighted by atomic mass is 79.9. The largest absolute Gasteiger partial charge is 0.313 e. The Morgan fingerprint density at radius 1 is 1.21 bits per heavy atom. The van der Waals surface area contributed by atoms with Gasteiger partial charge in [0.1, 0.15) is 0 Å². The van der Waals surface area contributed by atoms with Gasteiger partial charge in [-0.15, -0.1) is 0 Å². The molecule has 1 aromatic carbocycles. The average Bonchev–Trinajstić information content (AvgIpc) is 3.14. The van der Waals surface area contributed by atoms with Gasteiger partial charge >= 0.3 is 0 Å². The Hall–Kier alpha value is -0.950. The predicted octanol–water partition coefficient (Wildman–Crippen LogP) is 3.19. The van der Waals surface area contributed by atoms with Crippen LogP contribution < -0.4 is 5.32 Å². The SMILES string of the molecule is CCNC1CC1C(=O)c1c(F)c(F)c(F)c(F)c1Br. The third-order valence-electron chi connectivity index (χ3n) is 3.05. The normalized spacial score (nSPS) is 21.6. The summed E-state index contributed by atoms with van der Waals surface area (Å²) >= 11 is 2.61. The Labute approximate surface area is 115 Å². The second kappa shape index (κ2) is 5.20. The number of rotatable bonds is 4. The standard InChI is InChI=1S/C12H10BrF4NO/c1-2-18-5-3-4(5)12(19)6-7(13)9(15)11(17)10(16)8(6)14/h4-5,18H,2-3H2,1H3. The quantitative estimate of drug-likeness (QED) is 0.395. The molecule has 1 aliphatic carbocycles. The molecule has 0 heterocycles. The van der Waals surface area contributed by atoms with Crippen LogP contribution in [0.15, 0.2) is 4.47 Å². The summed E-state index contributed by atoms with van der Waals surface area (Å²) in [7, 11) is 0. The number of carbonyl (C=O) groups excluding carboxylic acids is 1. The fourth-order valence-electron chi connectivity index (χ4n) is 1.98. The monoisotopic (exact) mass is 339 g/mol. The maximum Gasteiger partial charge on any atom is 0.198 e. The minimum atomic E-state index is -1.97. The summed E-state index contributed by atoms with van der Waals surface area (Å²) in [5.41, 5.74) is -0.762. The summed E-state index contributed by atoms with van der Waals surface area (Å²) in [6.45, 7) is 2.47. The Morgan fingerprint density at radius 2 is 1.79 bits per heavy atom. The highest BCUT2D eigenvalue weighted by molar-refractivity contribution is 9.10. The van der Waals surface area contributed by atoms with Crippen molar-refractivity contribution in [3.05, 3.63) is 33.3 Å². The first-order chi connectivity index (χ1) is 8.90. The number of carbonyl (C=O) groups is 1. The highest BCUT2D eigenvalue weighted by Gasteiger charge is 2.45. The molecule has 104 valence electrons. The molecule has 0 radical (unpaired) electrons. The van der Waals surface area contributed by atoms with Crippen LogP contribution in [0.1, 0.15) is 23.7 Å². The second-order valence-electron chi connectivity index (χ2n) is 4.32. The fourth-order valence-corrected chi connectivity index (χ4v) is 2.52.